The van der Waals surface area contributed by atoms with Crippen molar-refractivity contribution >= 4 is 11.7 Å². The van der Waals surface area contributed by atoms with E-state index in [1.54, 1.807) is 6.07 Å². The lowest BCUT2D eigenvalue weighted by molar-refractivity contribution is -0.140. The van der Waals surface area contributed by atoms with Crippen molar-refractivity contribution in [1.29, 1.82) is 0 Å². The summed E-state index contributed by atoms with van der Waals surface area (Å²) in [6.45, 7) is 0.768. The molecule has 0 amide bonds. The smallest absolute Gasteiger partial charge is 0.305 e. The van der Waals surface area contributed by atoms with Crippen molar-refractivity contribution in [3.8, 4) is 5.75 Å². The minimum atomic E-state index is -0.205. The summed E-state index contributed by atoms with van der Waals surface area (Å²) < 4.78 is 4.61. The van der Waals surface area contributed by atoms with Gasteiger partial charge in [0.2, 0.25) is 0 Å². The van der Waals surface area contributed by atoms with E-state index in [2.05, 4.69) is 10.1 Å². The molecule has 0 bridgehead atoms. The molecule has 1 atom stereocenters. The zero-order valence-corrected chi connectivity index (χ0v) is 9.19. The number of esters is 1. The molecule has 2 rings (SSSR count). The second kappa shape index (κ2) is 4.43. The molecule has 16 heavy (non-hydrogen) atoms. The highest BCUT2D eigenvalue weighted by molar-refractivity contribution is 5.70. The van der Waals surface area contributed by atoms with Crippen LogP contribution in [0.25, 0.3) is 0 Å². The molecule has 1 aliphatic heterocycles. The Kier molecular flexibility index (Phi) is 2.99. The molecule has 0 aromatic heterocycles. The number of phenolic OH excluding ortho intramolecular Hbond substituents is 1. The van der Waals surface area contributed by atoms with E-state index in [1.165, 1.54) is 7.11 Å². The van der Waals surface area contributed by atoms with Crippen molar-refractivity contribution in [2.24, 2.45) is 0 Å². The molecule has 0 radical (unpaired) electrons. The highest BCUT2D eigenvalue weighted by atomic mass is 16.5. The Bertz CT molecular complexity index is 403. The topological polar surface area (TPSA) is 58.6 Å². The summed E-state index contributed by atoms with van der Waals surface area (Å²) in [5, 5.41) is 13.0. The van der Waals surface area contributed by atoms with Crippen LogP contribution in [-0.2, 0) is 9.53 Å². The third kappa shape index (κ3) is 1.96. The Morgan fingerprint density at radius 3 is 3.19 bits per heavy atom. The van der Waals surface area contributed by atoms with Gasteiger partial charge in [0, 0.05) is 30.1 Å². The lowest BCUT2D eigenvalue weighted by atomic mass is 9.95. The molecular formula is C12H15NO3. The molecule has 4 heteroatoms. The zero-order valence-electron chi connectivity index (χ0n) is 9.19. The van der Waals surface area contributed by atoms with E-state index in [1.807, 2.05) is 12.1 Å². The molecule has 1 unspecified atom stereocenters. The van der Waals surface area contributed by atoms with Gasteiger partial charge in [-0.1, -0.05) is 6.07 Å². The molecule has 0 fully saturated rings. The van der Waals surface area contributed by atoms with Gasteiger partial charge in [-0.05, 0) is 18.6 Å². The third-order valence-corrected chi connectivity index (χ3v) is 2.95. The lowest BCUT2D eigenvalue weighted by Crippen LogP contribution is -2.07. The molecule has 4 nitrogen and oxygen atoms in total. The van der Waals surface area contributed by atoms with E-state index >= 15 is 0 Å². The number of benzene rings is 1. The largest absolute Gasteiger partial charge is 0.508 e. The van der Waals surface area contributed by atoms with Crippen molar-refractivity contribution in [3.05, 3.63) is 23.8 Å². The number of fused-ring (bicyclic) bond motifs is 1. The van der Waals surface area contributed by atoms with Crippen LogP contribution in [0.3, 0.4) is 0 Å². The highest BCUT2D eigenvalue weighted by Gasteiger charge is 2.25. The molecule has 0 saturated heterocycles. The fourth-order valence-corrected chi connectivity index (χ4v) is 2.11. The average Bonchev–Trinajstić information content (AvgIpc) is 2.70. The van der Waals surface area contributed by atoms with Gasteiger partial charge < -0.3 is 15.2 Å². The van der Waals surface area contributed by atoms with Gasteiger partial charge in [-0.2, -0.15) is 0 Å². The standard InChI is InChI=1S/C12H15NO3/c1-16-11(15)6-5-8-7-13-9-3-2-4-10(14)12(8)9/h2-4,8,13-14H,5-7H2,1H3. The highest BCUT2D eigenvalue weighted by Crippen LogP contribution is 2.39. The van der Waals surface area contributed by atoms with Crippen molar-refractivity contribution in [2.45, 2.75) is 18.8 Å². The number of rotatable bonds is 3. The van der Waals surface area contributed by atoms with Crippen LogP contribution in [0, 0.1) is 0 Å². The summed E-state index contributed by atoms with van der Waals surface area (Å²) in [5.74, 6) is 0.288. The first-order valence-electron chi connectivity index (χ1n) is 5.35. The number of hydrogen-bond donors (Lipinski definition) is 2. The number of carbonyl (C=O) groups is 1. The van der Waals surface area contributed by atoms with Gasteiger partial charge in [-0.15, -0.1) is 0 Å². The first-order valence-corrected chi connectivity index (χ1v) is 5.35. The fourth-order valence-electron chi connectivity index (χ4n) is 2.11. The molecule has 1 aliphatic rings. The van der Waals surface area contributed by atoms with Crippen LogP contribution < -0.4 is 5.32 Å². The first-order chi connectivity index (χ1) is 7.72. The van der Waals surface area contributed by atoms with Crippen LogP contribution in [0.5, 0.6) is 5.75 Å². The van der Waals surface area contributed by atoms with Gasteiger partial charge in [0.05, 0.1) is 7.11 Å². The normalized spacial score (nSPS) is 17.7. The Morgan fingerprint density at radius 1 is 1.62 bits per heavy atom. The molecule has 0 spiro atoms. The molecule has 2 N–H and O–H groups in total. The van der Waals surface area contributed by atoms with Gasteiger partial charge in [0.25, 0.3) is 0 Å². The van der Waals surface area contributed by atoms with Gasteiger partial charge in [-0.25, -0.2) is 0 Å². The summed E-state index contributed by atoms with van der Waals surface area (Å²) in [6, 6.07) is 5.42. The quantitative estimate of drug-likeness (QED) is 0.765. The second-order valence-electron chi connectivity index (χ2n) is 3.93. The number of aromatic hydroxyl groups is 1. The molecule has 86 valence electrons. The number of phenols is 1. The van der Waals surface area contributed by atoms with Crippen LogP contribution in [0.1, 0.15) is 24.3 Å². The zero-order chi connectivity index (χ0) is 11.5. The van der Waals surface area contributed by atoms with Crippen molar-refractivity contribution in [3.63, 3.8) is 0 Å². The van der Waals surface area contributed by atoms with Crippen LogP contribution in [0.15, 0.2) is 18.2 Å². The van der Waals surface area contributed by atoms with Gasteiger partial charge in [-0.3, -0.25) is 4.79 Å². The number of carbonyl (C=O) groups excluding carboxylic acids is 1. The minimum Gasteiger partial charge on any atom is -0.508 e. The number of ether oxygens (including phenoxy) is 1. The van der Waals surface area contributed by atoms with E-state index < -0.39 is 0 Å². The minimum absolute atomic E-state index is 0.190. The molecule has 1 aromatic rings. The summed E-state index contributed by atoms with van der Waals surface area (Å²) in [5.41, 5.74) is 1.89. The number of nitrogens with one attached hydrogen (secondary N) is 1. The molecular weight excluding hydrogens is 206 g/mol. The predicted octanol–water partition coefficient (Wildman–Crippen LogP) is 1.85. The maximum atomic E-state index is 11.1. The predicted molar refractivity (Wildman–Crippen MR) is 60.6 cm³/mol. The molecule has 1 heterocycles. The number of hydrogen-bond acceptors (Lipinski definition) is 4. The third-order valence-electron chi connectivity index (χ3n) is 2.95. The summed E-state index contributed by atoms with van der Waals surface area (Å²) in [4.78, 5) is 11.1. The molecule has 0 aliphatic carbocycles. The van der Waals surface area contributed by atoms with E-state index in [0.717, 1.165) is 17.8 Å². The number of anilines is 1. The van der Waals surface area contributed by atoms with Crippen LogP contribution in [0.2, 0.25) is 0 Å². The Morgan fingerprint density at radius 2 is 2.44 bits per heavy atom. The van der Waals surface area contributed by atoms with Crippen molar-refractivity contribution < 1.29 is 14.6 Å². The molecule has 0 saturated carbocycles. The maximum Gasteiger partial charge on any atom is 0.305 e. The van der Waals surface area contributed by atoms with Gasteiger partial charge in [0.1, 0.15) is 5.75 Å². The van der Waals surface area contributed by atoms with E-state index in [0.29, 0.717) is 18.6 Å². The maximum absolute atomic E-state index is 11.1. The first kappa shape index (κ1) is 10.8. The summed E-state index contributed by atoms with van der Waals surface area (Å²) in [7, 11) is 1.39. The van der Waals surface area contributed by atoms with E-state index in [9.17, 15) is 9.90 Å². The number of methoxy groups -OCH3 is 1. The monoisotopic (exact) mass is 221 g/mol. The second-order valence-corrected chi connectivity index (χ2v) is 3.93. The average molecular weight is 221 g/mol. The van der Waals surface area contributed by atoms with Crippen LogP contribution in [0.4, 0.5) is 5.69 Å². The Labute approximate surface area is 94.2 Å². The van der Waals surface area contributed by atoms with Crippen molar-refractivity contribution in [2.75, 3.05) is 19.0 Å². The van der Waals surface area contributed by atoms with E-state index in [-0.39, 0.29) is 11.9 Å². The molecule has 1 aromatic carbocycles. The summed E-state index contributed by atoms with van der Waals surface area (Å²) >= 11 is 0. The van der Waals surface area contributed by atoms with Crippen molar-refractivity contribution in [1.82, 2.24) is 0 Å². The SMILES string of the molecule is COC(=O)CCC1CNc2cccc(O)c21. The van der Waals surface area contributed by atoms with Gasteiger partial charge in [0.15, 0.2) is 0 Å². The summed E-state index contributed by atoms with van der Waals surface area (Å²) in [6.07, 6.45) is 1.08. The fraction of sp³-hybridized carbons (Fsp3) is 0.417. The van der Waals surface area contributed by atoms with Crippen LogP contribution in [-0.4, -0.2) is 24.7 Å². The Hall–Kier alpha value is -1.71. The Balaban J connectivity index is 2.08. The van der Waals surface area contributed by atoms with Gasteiger partial charge >= 0.3 is 5.97 Å². The van der Waals surface area contributed by atoms with E-state index in [4.69, 9.17) is 0 Å². The lowest BCUT2D eigenvalue weighted by Gasteiger charge is -2.10. The van der Waals surface area contributed by atoms with Crippen LogP contribution >= 0.6 is 0 Å².